The molecule has 2 rings (SSSR count). The fraction of sp³-hybridized carbons (Fsp3) is 0.611. The molecule has 0 bridgehead atoms. The first-order chi connectivity index (χ1) is 9.97. The van der Waals surface area contributed by atoms with E-state index in [9.17, 15) is 4.79 Å². The van der Waals surface area contributed by atoms with Crippen LogP contribution < -0.4 is 5.73 Å². The van der Waals surface area contributed by atoms with Crippen molar-refractivity contribution in [3.05, 3.63) is 35.9 Å². The summed E-state index contributed by atoms with van der Waals surface area (Å²) in [6.07, 6.45) is 3.39. The molecule has 116 valence electrons. The molecule has 21 heavy (non-hydrogen) atoms. The summed E-state index contributed by atoms with van der Waals surface area (Å²) in [7, 11) is 0. The van der Waals surface area contributed by atoms with E-state index in [1.165, 1.54) is 6.42 Å². The Kier molecular flexibility index (Phi) is 5.04. The molecule has 1 heterocycles. The number of nitrogens with two attached hydrogens (primary N) is 1. The zero-order valence-corrected chi connectivity index (χ0v) is 13.5. The molecule has 1 aliphatic rings. The lowest BCUT2D eigenvalue weighted by atomic mass is 9.78. The fourth-order valence-electron chi connectivity index (χ4n) is 3.03. The molecule has 1 saturated heterocycles. The Balaban J connectivity index is 1.97. The van der Waals surface area contributed by atoms with Crippen LogP contribution in [0.5, 0.6) is 0 Å². The molecule has 1 aromatic rings. The Bertz CT molecular complexity index is 463. The molecule has 1 fully saturated rings. The summed E-state index contributed by atoms with van der Waals surface area (Å²) in [4.78, 5) is 14.7. The number of amides is 1. The highest BCUT2D eigenvalue weighted by atomic mass is 16.2. The minimum absolute atomic E-state index is 0.168. The van der Waals surface area contributed by atoms with Crippen LogP contribution in [0.25, 0.3) is 0 Å². The first kappa shape index (κ1) is 16.0. The maximum absolute atomic E-state index is 12.7. The summed E-state index contributed by atoms with van der Waals surface area (Å²) in [5, 5.41) is 0. The Morgan fingerprint density at radius 2 is 1.86 bits per heavy atom. The highest BCUT2D eigenvalue weighted by Crippen LogP contribution is 2.34. The number of likely N-dealkylation sites (tertiary alicyclic amines) is 1. The van der Waals surface area contributed by atoms with Gasteiger partial charge in [-0.25, -0.2) is 0 Å². The van der Waals surface area contributed by atoms with E-state index in [4.69, 9.17) is 5.73 Å². The number of rotatable bonds is 4. The van der Waals surface area contributed by atoms with Crippen LogP contribution in [0.1, 0.15) is 51.6 Å². The van der Waals surface area contributed by atoms with Crippen molar-refractivity contribution < 1.29 is 4.79 Å². The van der Waals surface area contributed by atoms with Gasteiger partial charge in [0.2, 0.25) is 5.91 Å². The molecular formula is C18H28N2O. The average Bonchev–Trinajstić information content (AvgIpc) is 2.54. The van der Waals surface area contributed by atoms with E-state index in [1.54, 1.807) is 0 Å². The number of benzene rings is 1. The molecule has 0 spiro atoms. The number of carbonyl (C=O) groups excluding carboxylic acids is 1. The summed E-state index contributed by atoms with van der Waals surface area (Å²) < 4.78 is 0. The number of hydrogen-bond acceptors (Lipinski definition) is 2. The molecule has 0 aromatic heterocycles. The molecule has 0 saturated carbocycles. The minimum Gasteiger partial charge on any atom is -0.342 e. The Morgan fingerprint density at radius 1 is 1.29 bits per heavy atom. The zero-order chi connectivity index (χ0) is 15.5. The van der Waals surface area contributed by atoms with Crippen molar-refractivity contribution in [3.63, 3.8) is 0 Å². The lowest BCUT2D eigenvalue weighted by Gasteiger charge is -2.40. The summed E-state index contributed by atoms with van der Waals surface area (Å²) in [5.41, 5.74) is 7.72. The first-order valence-electron chi connectivity index (χ1n) is 8.06. The quantitative estimate of drug-likeness (QED) is 0.923. The minimum atomic E-state index is -0.224. The van der Waals surface area contributed by atoms with Crippen molar-refractivity contribution in [3.8, 4) is 0 Å². The van der Waals surface area contributed by atoms with E-state index < -0.39 is 0 Å². The van der Waals surface area contributed by atoms with Gasteiger partial charge >= 0.3 is 0 Å². The maximum Gasteiger partial charge on any atom is 0.227 e. The van der Waals surface area contributed by atoms with Crippen LogP contribution in [0.2, 0.25) is 0 Å². The molecule has 2 N–H and O–H groups in total. The summed E-state index contributed by atoms with van der Waals surface area (Å²) in [6, 6.07) is 9.69. The van der Waals surface area contributed by atoms with Crippen molar-refractivity contribution in [2.45, 2.75) is 46.1 Å². The van der Waals surface area contributed by atoms with Crippen LogP contribution in [-0.4, -0.2) is 23.9 Å². The number of nitrogens with zero attached hydrogens (tertiary/aromatic N) is 1. The van der Waals surface area contributed by atoms with Crippen LogP contribution in [0.4, 0.5) is 0 Å². The third-order valence-electron chi connectivity index (χ3n) is 5.25. The summed E-state index contributed by atoms with van der Waals surface area (Å²) >= 11 is 0. The van der Waals surface area contributed by atoms with Crippen LogP contribution in [0, 0.1) is 11.3 Å². The molecule has 0 aliphatic carbocycles. The first-order valence-corrected chi connectivity index (χ1v) is 8.06. The second-order valence-corrected chi connectivity index (χ2v) is 6.71. The highest BCUT2D eigenvalue weighted by molar-refractivity contribution is 5.79. The Labute approximate surface area is 128 Å². The van der Waals surface area contributed by atoms with E-state index in [2.05, 4.69) is 13.8 Å². The topological polar surface area (TPSA) is 46.3 Å². The third-order valence-corrected chi connectivity index (χ3v) is 5.25. The average molecular weight is 288 g/mol. The van der Waals surface area contributed by atoms with Gasteiger partial charge in [-0.1, -0.05) is 57.5 Å². The van der Waals surface area contributed by atoms with Crippen molar-refractivity contribution in [2.75, 3.05) is 13.1 Å². The highest BCUT2D eigenvalue weighted by Gasteiger charge is 2.33. The van der Waals surface area contributed by atoms with Gasteiger partial charge in [0.05, 0.1) is 5.92 Å². The van der Waals surface area contributed by atoms with Gasteiger partial charge in [0.25, 0.3) is 0 Å². The van der Waals surface area contributed by atoms with E-state index >= 15 is 0 Å². The largest absolute Gasteiger partial charge is 0.342 e. The summed E-state index contributed by atoms with van der Waals surface area (Å²) in [5.74, 6) is 0.0305. The van der Waals surface area contributed by atoms with Crippen LogP contribution >= 0.6 is 0 Å². The Morgan fingerprint density at radius 3 is 2.38 bits per heavy atom. The van der Waals surface area contributed by atoms with E-state index in [1.807, 2.05) is 42.2 Å². The predicted octanol–water partition coefficient (Wildman–Crippen LogP) is 3.36. The molecule has 1 amide bonds. The molecule has 2 atom stereocenters. The van der Waals surface area contributed by atoms with Gasteiger partial charge < -0.3 is 10.6 Å². The van der Waals surface area contributed by atoms with Gasteiger partial charge in [-0.2, -0.15) is 0 Å². The molecular weight excluding hydrogens is 260 g/mol. The second-order valence-electron chi connectivity index (χ2n) is 6.71. The zero-order valence-electron chi connectivity index (χ0n) is 13.5. The third kappa shape index (κ3) is 3.65. The van der Waals surface area contributed by atoms with Crippen LogP contribution in [-0.2, 0) is 4.79 Å². The van der Waals surface area contributed by atoms with Crippen molar-refractivity contribution in [1.82, 2.24) is 4.90 Å². The van der Waals surface area contributed by atoms with Gasteiger partial charge in [-0.15, -0.1) is 0 Å². The normalized spacial score (nSPS) is 20.9. The monoisotopic (exact) mass is 288 g/mol. The van der Waals surface area contributed by atoms with Gasteiger partial charge in [0.1, 0.15) is 0 Å². The molecule has 1 aromatic carbocycles. The van der Waals surface area contributed by atoms with Gasteiger partial charge in [-0.3, -0.25) is 4.79 Å². The Hall–Kier alpha value is -1.35. The van der Waals surface area contributed by atoms with Crippen LogP contribution in [0.3, 0.4) is 0 Å². The van der Waals surface area contributed by atoms with Gasteiger partial charge in [-0.05, 0) is 23.8 Å². The number of hydrogen-bond donors (Lipinski definition) is 1. The predicted molar refractivity (Wildman–Crippen MR) is 86.7 cm³/mol. The van der Waals surface area contributed by atoms with Crippen molar-refractivity contribution >= 4 is 5.91 Å². The molecule has 0 radical (unpaired) electrons. The summed E-state index contributed by atoms with van der Waals surface area (Å²) in [6.45, 7) is 8.26. The molecule has 1 aliphatic heterocycles. The standard InChI is InChI=1S/C18H28N2O/c1-4-18(3)10-12-20(13-11-18)17(21)14(2)16(19)15-8-6-5-7-9-15/h5-9,14,16H,4,10-13,19H2,1-3H3. The number of carbonyl (C=O) groups is 1. The smallest absolute Gasteiger partial charge is 0.227 e. The maximum atomic E-state index is 12.7. The SMILES string of the molecule is CCC1(C)CCN(C(=O)C(C)C(N)c2ccccc2)CC1. The van der Waals surface area contributed by atoms with Gasteiger partial charge in [0, 0.05) is 19.1 Å². The fourth-order valence-corrected chi connectivity index (χ4v) is 3.03. The second kappa shape index (κ2) is 6.61. The molecule has 3 heteroatoms. The van der Waals surface area contributed by atoms with Crippen molar-refractivity contribution in [2.24, 2.45) is 17.1 Å². The lowest BCUT2D eigenvalue weighted by Crippen LogP contribution is -2.45. The lowest BCUT2D eigenvalue weighted by molar-refractivity contribution is -0.138. The van der Waals surface area contributed by atoms with Crippen molar-refractivity contribution in [1.29, 1.82) is 0 Å². The van der Waals surface area contributed by atoms with E-state index in [-0.39, 0.29) is 17.9 Å². The number of piperidine rings is 1. The molecule has 3 nitrogen and oxygen atoms in total. The van der Waals surface area contributed by atoms with E-state index in [0.29, 0.717) is 5.41 Å². The van der Waals surface area contributed by atoms with Gasteiger partial charge in [0.15, 0.2) is 0 Å². The van der Waals surface area contributed by atoms with Crippen LogP contribution in [0.15, 0.2) is 30.3 Å². The molecule has 2 unspecified atom stereocenters. The van der Waals surface area contributed by atoms with E-state index in [0.717, 1.165) is 31.5 Å².